The van der Waals surface area contributed by atoms with Crippen LogP contribution in [0.4, 0.5) is 4.39 Å². The minimum atomic E-state index is -1.11. The Hall–Kier alpha value is -1.70. The molecule has 0 bridgehead atoms. The van der Waals surface area contributed by atoms with E-state index in [0.29, 0.717) is 37.3 Å². The van der Waals surface area contributed by atoms with E-state index in [1.807, 2.05) is 11.8 Å². The zero-order valence-electron chi connectivity index (χ0n) is 24.1. The molecule has 0 saturated carbocycles. The Morgan fingerprint density at radius 2 is 1.90 bits per heavy atom. The van der Waals surface area contributed by atoms with Gasteiger partial charge in [0.2, 0.25) is 11.8 Å². The monoisotopic (exact) mass is 565 g/mol. The molecule has 5 heterocycles. The van der Waals surface area contributed by atoms with E-state index in [1.54, 1.807) is 0 Å². The summed E-state index contributed by atoms with van der Waals surface area (Å²) >= 11 is 0. The molecule has 0 aliphatic carbocycles. The maximum absolute atomic E-state index is 14.5. The Morgan fingerprint density at radius 1 is 1.18 bits per heavy atom. The van der Waals surface area contributed by atoms with Gasteiger partial charge in [-0.3, -0.25) is 19.0 Å². The number of nitrogens with zero attached hydrogens (tertiary/aromatic N) is 4. The van der Waals surface area contributed by atoms with Crippen molar-refractivity contribution in [1.82, 2.24) is 20.4 Å². The summed E-state index contributed by atoms with van der Waals surface area (Å²) in [5.74, 6) is -0.613. The summed E-state index contributed by atoms with van der Waals surface area (Å²) < 4.78 is 20.6. The molecule has 0 radical (unpaired) electrons. The molecule has 5 atom stereocenters. The third-order valence-corrected chi connectivity index (χ3v) is 9.93. The molecule has 4 fully saturated rings. The molecular weight excluding hydrogens is 515 g/mol. The number of hydrogen-bond donors (Lipinski definition) is 4. The van der Waals surface area contributed by atoms with Crippen LogP contribution < -0.4 is 22.1 Å². The number of carbonyl (C=O) groups is 2. The first-order valence-electron chi connectivity index (χ1n) is 15.5. The summed E-state index contributed by atoms with van der Waals surface area (Å²) in [7, 11) is 0. The van der Waals surface area contributed by atoms with Crippen LogP contribution in [0.3, 0.4) is 0 Å². The van der Waals surface area contributed by atoms with Crippen molar-refractivity contribution >= 4 is 18.0 Å². The van der Waals surface area contributed by atoms with E-state index in [2.05, 4.69) is 20.5 Å². The standard InChI is InChI=1S/C28H49FN8O3/c1-2-40-21-16-36(17-21)28(39)19-7-10-35(11-8-19)23-6-9-32-15-22(23)34-27(38)24(25(30)31)26-33-14-20(29)18-37(26)12-4-3-5-13-37/h14,19-26,32H,2-13,15-18,30-31H2,1H3/p+1. The van der Waals surface area contributed by atoms with Gasteiger partial charge < -0.3 is 31.7 Å². The van der Waals surface area contributed by atoms with E-state index >= 15 is 0 Å². The predicted octanol–water partition coefficient (Wildman–Crippen LogP) is -0.599. The Labute approximate surface area is 237 Å². The van der Waals surface area contributed by atoms with Crippen LogP contribution in [0.5, 0.6) is 0 Å². The van der Waals surface area contributed by atoms with E-state index < -0.39 is 24.4 Å². The SMILES string of the molecule is CCOC1CN(C(=O)C2CCN(C3CCNCC3NC(=O)C(C(N)N)C3N=CC(F)C[N+]34CCCCC4)CC2)C1. The topological polar surface area (TPSA) is 138 Å². The van der Waals surface area contributed by atoms with Crippen molar-refractivity contribution in [1.29, 1.82) is 0 Å². The summed E-state index contributed by atoms with van der Waals surface area (Å²) in [6, 6.07) is 0.0684. The smallest absolute Gasteiger partial charge is 0.234 e. The highest BCUT2D eigenvalue weighted by atomic mass is 19.1. The van der Waals surface area contributed by atoms with Crippen molar-refractivity contribution < 1.29 is 23.2 Å². The van der Waals surface area contributed by atoms with Gasteiger partial charge in [0.15, 0.2) is 12.3 Å². The summed E-state index contributed by atoms with van der Waals surface area (Å²) in [6.07, 6.45) is 4.73. The number of piperidine rings is 3. The minimum absolute atomic E-state index is 0.0566. The largest absolute Gasteiger partial charge is 0.375 e. The van der Waals surface area contributed by atoms with E-state index in [9.17, 15) is 14.0 Å². The molecule has 5 aliphatic heterocycles. The quantitative estimate of drug-likeness (QED) is 0.228. The number of carbonyl (C=O) groups excluding carboxylic acids is 2. The average Bonchev–Trinajstić information content (AvgIpc) is 2.92. The van der Waals surface area contributed by atoms with E-state index in [0.717, 1.165) is 71.2 Å². The number of ether oxygens (including phenoxy) is 1. The lowest BCUT2D eigenvalue weighted by Gasteiger charge is -2.50. The number of aliphatic imine (C=N–C) groups is 1. The molecule has 11 nitrogen and oxygen atoms in total. The van der Waals surface area contributed by atoms with Crippen LogP contribution in [0, 0.1) is 11.8 Å². The Morgan fingerprint density at radius 3 is 2.58 bits per heavy atom. The van der Waals surface area contributed by atoms with Gasteiger partial charge >= 0.3 is 0 Å². The molecule has 226 valence electrons. The van der Waals surface area contributed by atoms with Gasteiger partial charge in [0.25, 0.3) is 0 Å². The highest BCUT2D eigenvalue weighted by Gasteiger charge is 2.51. The number of nitrogens with two attached hydrogens (primary N) is 2. The highest BCUT2D eigenvalue weighted by molar-refractivity contribution is 5.81. The normalized spacial score (nSPS) is 32.7. The first kappa shape index (κ1) is 29.8. The Balaban J connectivity index is 1.20. The zero-order valence-corrected chi connectivity index (χ0v) is 24.1. The lowest BCUT2D eigenvalue weighted by molar-refractivity contribution is -0.959. The Bertz CT molecular complexity index is 902. The van der Waals surface area contributed by atoms with Gasteiger partial charge in [0.1, 0.15) is 12.5 Å². The molecular formula is C28H50FN8O3+. The van der Waals surface area contributed by atoms with Crippen LogP contribution in [0.2, 0.25) is 0 Å². The molecule has 5 unspecified atom stereocenters. The summed E-state index contributed by atoms with van der Waals surface area (Å²) in [5.41, 5.74) is 12.5. The molecule has 40 heavy (non-hydrogen) atoms. The van der Waals surface area contributed by atoms with Gasteiger partial charge in [-0.15, -0.1) is 0 Å². The Kier molecular flexibility index (Phi) is 9.74. The van der Waals surface area contributed by atoms with Gasteiger partial charge in [-0.05, 0) is 65.1 Å². The zero-order chi connectivity index (χ0) is 28.3. The number of amides is 2. The summed E-state index contributed by atoms with van der Waals surface area (Å²) in [5, 5.41) is 6.73. The van der Waals surface area contributed by atoms with Crippen molar-refractivity contribution in [2.75, 3.05) is 65.5 Å². The number of quaternary nitrogens is 1. The summed E-state index contributed by atoms with van der Waals surface area (Å²) in [4.78, 5) is 35.8. The molecule has 1 spiro atoms. The fourth-order valence-electron chi connectivity index (χ4n) is 7.76. The van der Waals surface area contributed by atoms with Gasteiger partial charge in [0.05, 0.1) is 31.4 Å². The number of likely N-dealkylation sites (tertiary alicyclic amines) is 2. The molecule has 12 heteroatoms. The molecule has 6 N–H and O–H groups in total. The molecule has 0 aromatic heterocycles. The second-order valence-corrected chi connectivity index (χ2v) is 12.5. The van der Waals surface area contributed by atoms with Crippen molar-refractivity contribution in [3.8, 4) is 0 Å². The first-order valence-corrected chi connectivity index (χ1v) is 15.5. The minimum Gasteiger partial charge on any atom is -0.375 e. The van der Waals surface area contributed by atoms with Crippen LogP contribution >= 0.6 is 0 Å². The average molecular weight is 566 g/mol. The maximum Gasteiger partial charge on any atom is 0.234 e. The number of rotatable bonds is 8. The first-order chi connectivity index (χ1) is 19.3. The molecule has 5 rings (SSSR count). The number of halogens is 1. The van der Waals surface area contributed by atoms with Gasteiger partial charge in [0, 0.05) is 44.4 Å². The lowest BCUT2D eigenvalue weighted by Crippen LogP contribution is -2.70. The second kappa shape index (κ2) is 13.1. The third-order valence-electron chi connectivity index (χ3n) is 9.93. The second-order valence-electron chi connectivity index (χ2n) is 12.5. The number of nitrogens with one attached hydrogen (secondary N) is 2. The highest BCUT2D eigenvalue weighted by Crippen LogP contribution is 2.33. The summed E-state index contributed by atoms with van der Waals surface area (Å²) in [6.45, 7) is 9.21. The fourth-order valence-corrected chi connectivity index (χ4v) is 7.76. The van der Waals surface area contributed by atoms with Crippen LogP contribution in [-0.2, 0) is 14.3 Å². The van der Waals surface area contributed by atoms with E-state index in [4.69, 9.17) is 16.2 Å². The predicted molar refractivity (Wildman–Crippen MR) is 151 cm³/mol. The van der Waals surface area contributed by atoms with Crippen molar-refractivity contribution in [2.24, 2.45) is 28.3 Å². The number of alkyl halides is 1. The van der Waals surface area contributed by atoms with Crippen LogP contribution in [0.1, 0.15) is 45.4 Å². The molecule has 2 amide bonds. The molecule has 0 aromatic carbocycles. The van der Waals surface area contributed by atoms with Crippen molar-refractivity contribution in [3.05, 3.63) is 0 Å². The van der Waals surface area contributed by atoms with Crippen LogP contribution in [0.15, 0.2) is 4.99 Å². The van der Waals surface area contributed by atoms with Crippen molar-refractivity contribution in [3.63, 3.8) is 0 Å². The van der Waals surface area contributed by atoms with Crippen LogP contribution in [-0.4, -0.2) is 135 Å². The van der Waals surface area contributed by atoms with Gasteiger partial charge in [-0.25, -0.2) is 9.38 Å². The molecule has 4 saturated heterocycles. The fraction of sp³-hybridized carbons (Fsp3) is 0.893. The molecule has 5 aliphatic rings. The van der Waals surface area contributed by atoms with Crippen molar-refractivity contribution in [2.45, 2.75) is 82.1 Å². The number of hydrogen-bond acceptors (Lipinski definition) is 8. The lowest BCUT2D eigenvalue weighted by atomic mass is 9.89. The van der Waals surface area contributed by atoms with E-state index in [-0.39, 0.29) is 35.9 Å². The third kappa shape index (κ3) is 6.37. The van der Waals surface area contributed by atoms with Crippen LogP contribution in [0.25, 0.3) is 0 Å². The maximum atomic E-state index is 14.5. The van der Waals surface area contributed by atoms with Gasteiger partial charge in [-0.2, -0.15) is 0 Å². The molecule has 0 aromatic rings. The van der Waals surface area contributed by atoms with Gasteiger partial charge in [-0.1, -0.05) is 0 Å². The van der Waals surface area contributed by atoms with E-state index in [1.165, 1.54) is 6.21 Å².